The van der Waals surface area contributed by atoms with Crippen molar-refractivity contribution in [1.29, 1.82) is 0 Å². The lowest BCUT2D eigenvalue weighted by atomic mass is 10.1. The first-order valence-corrected chi connectivity index (χ1v) is 9.06. The van der Waals surface area contributed by atoms with E-state index in [4.69, 9.17) is 37.4 Å². The second-order valence-electron chi connectivity index (χ2n) is 5.70. The van der Waals surface area contributed by atoms with Crippen LogP contribution in [-0.2, 0) is 14.3 Å². The summed E-state index contributed by atoms with van der Waals surface area (Å²) < 4.78 is 15.8. The van der Waals surface area contributed by atoms with E-state index < -0.39 is 11.9 Å². The van der Waals surface area contributed by atoms with E-state index in [2.05, 4.69) is 4.99 Å². The summed E-state index contributed by atoms with van der Waals surface area (Å²) in [6.45, 7) is 3.39. The van der Waals surface area contributed by atoms with Gasteiger partial charge < -0.3 is 14.2 Å². The van der Waals surface area contributed by atoms with Crippen LogP contribution in [0.15, 0.2) is 47.1 Å². The zero-order chi connectivity index (χ0) is 20.3. The molecule has 28 heavy (non-hydrogen) atoms. The Balaban J connectivity index is 1.98. The number of carbonyl (C=O) groups is 2. The Hall–Kier alpha value is -2.83. The number of esters is 2. The van der Waals surface area contributed by atoms with Crippen molar-refractivity contribution in [2.24, 2.45) is 4.99 Å². The number of carbonyl (C=O) groups excluding carboxylic acids is 2. The lowest BCUT2D eigenvalue weighted by molar-refractivity contribution is -0.132. The van der Waals surface area contributed by atoms with Gasteiger partial charge in [-0.05, 0) is 48.9 Å². The summed E-state index contributed by atoms with van der Waals surface area (Å²) in [5.74, 6) is -0.568. The summed E-state index contributed by atoms with van der Waals surface area (Å²) in [6, 6.07) is 9.96. The van der Waals surface area contributed by atoms with E-state index in [9.17, 15) is 9.59 Å². The van der Waals surface area contributed by atoms with Gasteiger partial charge in [0.1, 0.15) is 0 Å². The third kappa shape index (κ3) is 4.52. The normalized spacial score (nSPS) is 14.6. The number of halogens is 2. The molecular formula is C20H15Cl2NO5. The lowest BCUT2D eigenvalue weighted by Crippen LogP contribution is -2.05. The molecule has 3 rings (SSSR count). The minimum Gasteiger partial charge on any atom is -0.490 e. The van der Waals surface area contributed by atoms with Crippen LogP contribution in [0.25, 0.3) is 6.08 Å². The molecule has 0 bridgehead atoms. The van der Waals surface area contributed by atoms with Crippen LogP contribution in [-0.4, -0.2) is 24.4 Å². The van der Waals surface area contributed by atoms with E-state index in [1.54, 1.807) is 37.3 Å². The Morgan fingerprint density at radius 3 is 2.71 bits per heavy atom. The van der Waals surface area contributed by atoms with E-state index in [0.717, 1.165) is 0 Å². The highest BCUT2D eigenvalue weighted by atomic mass is 35.5. The van der Waals surface area contributed by atoms with Gasteiger partial charge >= 0.3 is 11.9 Å². The summed E-state index contributed by atoms with van der Waals surface area (Å²) >= 11 is 12.2. The maximum atomic E-state index is 12.2. The number of cyclic esters (lactones) is 1. The molecule has 0 fully saturated rings. The number of aliphatic imine (C=N–C) groups is 1. The molecule has 0 atom stereocenters. The van der Waals surface area contributed by atoms with Crippen molar-refractivity contribution in [2.45, 2.75) is 13.8 Å². The zero-order valence-electron chi connectivity index (χ0n) is 15.0. The molecule has 0 saturated carbocycles. The van der Waals surface area contributed by atoms with Gasteiger partial charge in [-0.25, -0.2) is 9.79 Å². The minimum atomic E-state index is -0.604. The van der Waals surface area contributed by atoms with Crippen molar-refractivity contribution < 1.29 is 23.8 Å². The van der Waals surface area contributed by atoms with Crippen LogP contribution >= 0.6 is 23.2 Å². The predicted molar refractivity (Wildman–Crippen MR) is 106 cm³/mol. The molecule has 1 aliphatic rings. The number of nitrogens with zero attached hydrogens (tertiary/aromatic N) is 1. The number of hydrogen-bond donors (Lipinski definition) is 0. The predicted octanol–water partition coefficient (Wildman–Crippen LogP) is 4.66. The zero-order valence-corrected chi connectivity index (χ0v) is 16.5. The highest BCUT2D eigenvalue weighted by Crippen LogP contribution is 2.37. The van der Waals surface area contributed by atoms with E-state index in [1.165, 1.54) is 19.1 Å². The summed E-state index contributed by atoms with van der Waals surface area (Å²) in [5, 5.41) is 0.668. The molecule has 0 aromatic heterocycles. The van der Waals surface area contributed by atoms with Crippen LogP contribution in [0, 0.1) is 0 Å². The van der Waals surface area contributed by atoms with Gasteiger partial charge in [0.05, 0.1) is 11.6 Å². The summed E-state index contributed by atoms with van der Waals surface area (Å²) in [5.41, 5.74) is 1.21. The summed E-state index contributed by atoms with van der Waals surface area (Å²) in [4.78, 5) is 27.7. The van der Waals surface area contributed by atoms with E-state index >= 15 is 0 Å². The van der Waals surface area contributed by atoms with Crippen molar-refractivity contribution >= 4 is 47.1 Å². The first kappa shape index (κ1) is 19.9. The van der Waals surface area contributed by atoms with E-state index in [-0.39, 0.29) is 28.1 Å². The largest absolute Gasteiger partial charge is 0.490 e. The molecule has 6 nitrogen and oxygen atoms in total. The van der Waals surface area contributed by atoms with E-state index in [0.29, 0.717) is 22.8 Å². The van der Waals surface area contributed by atoms with Gasteiger partial charge in [0.15, 0.2) is 17.2 Å². The van der Waals surface area contributed by atoms with E-state index in [1.807, 2.05) is 0 Å². The molecule has 144 valence electrons. The monoisotopic (exact) mass is 419 g/mol. The second-order valence-corrected chi connectivity index (χ2v) is 6.55. The molecule has 8 heteroatoms. The maximum absolute atomic E-state index is 12.2. The molecule has 0 radical (unpaired) electrons. The molecule has 2 aromatic rings. The molecule has 2 aromatic carbocycles. The van der Waals surface area contributed by atoms with Gasteiger partial charge in [-0.15, -0.1) is 0 Å². The van der Waals surface area contributed by atoms with Gasteiger partial charge in [0, 0.05) is 17.5 Å². The quantitative estimate of drug-likeness (QED) is 0.400. The van der Waals surface area contributed by atoms with Crippen LogP contribution in [0.3, 0.4) is 0 Å². The SMILES string of the molecule is CCOc1cc(/C=C2\N=C(c3cccc(Cl)c3)OC2=O)cc(Cl)c1OC(C)=O. The third-order valence-electron chi connectivity index (χ3n) is 3.57. The smallest absolute Gasteiger partial charge is 0.363 e. The Kier molecular flexibility index (Phi) is 6.02. The first-order chi connectivity index (χ1) is 13.4. The third-order valence-corrected chi connectivity index (χ3v) is 4.09. The number of rotatable bonds is 5. The molecule has 0 saturated heterocycles. The molecule has 0 N–H and O–H groups in total. The standard InChI is InChI=1S/C20H15Cl2NO5/c1-3-26-17-9-12(7-15(22)18(17)27-11(2)24)8-16-20(25)28-19(23-16)13-5-4-6-14(21)10-13/h4-10H,3H2,1-2H3/b16-8-. The number of hydrogen-bond acceptors (Lipinski definition) is 6. The molecule has 0 unspecified atom stereocenters. The molecule has 1 aliphatic heterocycles. The fourth-order valence-electron chi connectivity index (χ4n) is 2.49. The van der Waals surface area contributed by atoms with Crippen LogP contribution in [0.2, 0.25) is 10.0 Å². The van der Waals surface area contributed by atoms with Crippen molar-refractivity contribution in [1.82, 2.24) is 0 Å². The Morgan fingerprint density at radius 2 is 2.04 bits per heavy atom. The van der Waals surface area contributed by atoms with Crippen LogP contribution in [0.1, 0.15) is 25.0 Å². The van der Waals surface area contributed by atoms with Gasteiger partial charge in [-0.2, -0.15) is 0 Å². The average molecular weight is 420 g/mol. The summed E-state index contributed by atoms with van der Waals surface area (Å²) in [7, 11) is 0. The topological polar surface area (TPSA) is 74.2 Å². The van der Waals surface area contributed by atoms with Crippen molar-refractivity contribution in [3.05, 3.63) is 63.3 Å². The Labute approximate surface area is 171 Å². The van der Waals surface area contributed by atoms with Crippen molar-refractivity contribution in [3.8, 4) is 11.5 Å². The average Bonchev–Trinajstić information content (AvgIpc) is 2.99. The molecule has 1 heterocycles. The van der Waals surface area contributed by atoms with Crippen molar-refractivity contribution in [2.75, 3.05) is 6.61 Å². The molecular weight excluding hydrogens is 405 g/mol. The Bertz CT molecular complexity index is 1010. The minimum absolute atomic E-state index is 0.0914. The highest BCUT2D eigenvalue weighted by molar-refractivity contribution is 6.32. The first-order valence-electron chi connectivity index (χ1n) is 8.30. The van der Waals surface area contributed by atoms with Crippen molar-refractivity contribution in [3.63, 3.8) is 0 Å². The molecule has 0 spiro atoms. The van der Waals surface area contributed by atoms with Gasteiger partial charge in [-0.1, -0.05) is 29.3 Å². The van der Waals surface area contributed by atoms with Gasteiger partial charge in [-0.3, -0.25) is 4.79 Å². The highest BCUT2D eigenvalue weighted by Gasteiger charge is 2.25. The Morgan fingerprint density at radius 1 is 1.25 bits per heavy atom. The molecule has 0 amide bonds. The number of benzene rings is 2. The van der Waals surface area contributed by atoms with Crippen LogP contribution in [0.4, 0.5) is 0 Å². The van der Waals surface area contributed by atoms with Gasteiger partial charge in [0.25, 0.3) is 0 Å². The fraction of sp³-hybridized carbons (Fsp3) is 0.150. The molecule has 0 aliphatic carbocycles. The second kappa shape index (κ2) is 8.46. The summed E-state index contributed by atoms with van der Waals surface area (Å²) in [6.07, 6.45) is 1.51. The number of ether oxygens (including phenoxy) is 3. The van der Waals surface area contributed by atoms with Gasteiger partial charge in [0.2, 0.25) is 5.90 Å². The van der Waals surface area contributed by atoms with Crippen LogP contribution in [0.5, 0.6) is 11.5 Å². The van der Waals surface area contributed by atoms with Crippen LogP contribution < -0.4 is 9.47 Å². The fourth-order valence-corrected chi connectivity index (χ4v) is 2.94. The maximum Gasteiger partial charge on any atom is 0.363 e. The lowest BCUT2D eigenvalue weighted by Gasteiger charge is -2.12.